The molecule has 0 aromatic rings. The Morgan fingerprint density at radius 2 is 2.00 bits per heavy atom. The Morgan fingerprint density at radius 3 is 2.57 bits per heavy atom. The maximum absolute atomic E-state index is 11.6. The lowest BCUT2D eigenvalue weighted by atomic mass is 10.0. The molecule has 0 spiro atoms. The summed E-state index contributed by atoms with van der Waals surface area (Å²) >= 11 is 0. The molecule has 4 heteroatoms. The van der Waals surface area contributed by atoms with Crippen LogP contribution in [0.3, 0.4) is 0 Å². The standard InChI is InChI=1S/C10H19N3O/c11-5-8-6-13(7-8)10(14)12-9-3-1-2-4-9/h8-9H,1-7,11H2,(H,12,14). The van der Waals surface area contributed by atoms with Gasteiger partial charge < -0.3 is 16.0 Å². The minimum Gasteiger partial charge on any atom is -0.335 e. The van der Waals surface area contributed by atoms with E-state index < -0.39 is 0 Å². The number of likely N-dealkylation sites (tertiary alicyclic amines) is 1. The van der Waals surface area contributed by atoms with Crippen LogP contribution in [-0.2, 0) is 0 Å². The molecule has 0 radical (unpaired) electrons. The van der Waals surface area contributed by atoms with E-state index in [1.807, 2.05) is 4.90 Å². The van der Waals surface area contributed by atoms with Crippen LogP contribution < -0.4 is 11.1 Å². The molecule has 3 N–H and O–H groups in total. The van der Waals surface area contributed by atoms with Crippen molar-refractivity contribution >= 4 is 6.03 Å². The smallest absolute Gasteiger partial charge is 0.317 e. The molecule has 2 amide bonds. The van der Waals surface area contributed by atoms with Gasteiger partial charge in [0.15, 0.2) is 0 Å². The topological polar surface area (TPSA) is 58.4 Å². The lowest BCUT2D eigenvalue weighted by Crippen LogP contribution is -2.57. The molecule has 0 aromatic heterocycles. The molecule has 1 heterocycles. The quantitative estimate of drug-likeness (QED) is 0.678. The molecule has 2 aliphatic rings. The maximum Gasteiger partial charge on any atom is 0.317 e. The van der Waals surface area contributed by atoms with E-state index in [9.17, 15) is 4.79 Å². The van der Waals surface area contributed by atoms with Gasteiger partial charge in [0.25, 0.3) is 0 Å². The number of carbonyl (C=O) groups is 1. The summed E-state index contributed by atoms with van der Waals surface area (Å²) in [5.74, 6) is 0.532. The third-order valence-electron chi connectivity index (χ3n) is 3.26. The Morgan fingerprint density at radius 1 is 1.36 bits per heavy atom. The first-order valence-electron chi connectivity index (χ1n) is 5.55. The zero-order valence-corrected chi connectivity index (χ0v) is 8.54. The van der Waals surface area contributed by atoms with Gasteiger partial charge in [-0.3, -0.25) is 0 Å². The first kappa shape index (κ1) is 9.77. The minimum atomic E-state index is 0.113. The van der Waals surface area contributed by atoms with Gasteiger partial charge in [-0.25, -0.2) is 4.79 Å². The highest BCUT2D eigenvalue weighted by atomic mass is 16.2. The van der Waals surface area contributed by atoms with E-state index in [4.69, 9.17) is 5.73 Å². The third kappa shape index (κ3) is 2.00. The van der Waals surface area contributed by atoms with Gasteiger partial charge >= 0.3 is 6.03 Å². The van der Waals surface area contributed by atoms with Crippen molar-refractivity contribution in [2.75, 3.05) is 19.6 Å². The Kier molecular flexibility index (Phi) is 2.91. The Labute approximate surface area is 84.8 Å². The van der Waals surface area contributed by atoms with Crippen LogP contribution in [-0.4, -0.2) is 36.6 Å². The summed E-state index contributed by atoms with van der Waals surface area (Å²) in [5.41, 5.74) is 5.50. The molecular formula is C10H19N3O. The van der Waals surface area contributed by atoms with Gasteiger partial charge in [0.1, 0.15) is 0 Å². The molecule has 2 fully saturated rings. The normalized spacial score (nSPS) is 23.6. The molecule has 80 valence electrons. The van der Waals surface area contributed by atoms with Gasteiger partial charge in [0.05, 0.1) is 0 Å². The van der Waals surface area contributed by atoms with Crippen molar-refractivity contribution in [2.45, 2.75) is 31.7 Å². The largest absolute Gasteiger partial charge is 0.335 e. The SMILES string of the molecule is NCC1CN(C(=O)NC2CCCC2)C1. The summed E-state index contributed by atoms with van der Waals surface area (Å²) < 4.78 is 0. The molecule has 0 atom stereocenters. The van der Waals surface area contributed by atoms with Gasteiger partial charge in [-0.2, -0.15) is 0 Å². The minimum absolute atomic E-state index is 0.113. The van der Waals surface area contributed by atoms with Gasteiger partial charge in [0.2, 0.25) is 0 Å². The van der Waals surface area contributed by atoms with E-state index >= 15 is 0 Å². The van der Waals surface area contributed by atoms with Crippen LogP contribution in [0.1, 0.15) is 25.7 Å². The molecular weight excluding hydrogens is 178 g/mol. The molecule has 4 nitrogen and oxygen atoms in total. The fourth-order valence-corrected chi connectivity index (χ4v) is 2.22. The van der Waals surface area contributed by atoms with E-state index in [1.54, 1.807) is 0 Å². The number of nitrogens with zero attached hydrogens (tertiary/aromatic N) is 1. The average Bonchev–Trinajstić information content (AvgIpc) is 2.54. The first-order chi connectivity index (χ1) is 6.79. The molecule has 1 saturated heterocycles. The van der Waals surface area contributed by atoms with Gasteiger partial charge in [-0.15, -0.1) is 0 Å². The fraction of sp³-hybridized carbons (Fsp3) is 0.900. The Balaban J connectivity index is 1.69. The second-order valence-electron chi connectivity index (χ2n) is 4.44. The number of nitrogens with two attached hydrogens (primary N) is 1. The monoisotopic (exact) mass is 197 g/mol. The fourth-order valence-electron chi connectivity index (χ4n) is 2.22. The van der Waals surface area contributed by atoms with E-state index in [2.05, 4.69) is 5.32 Å². The second kappa shape index (κ2) is 4.17. The highest BCUT2D eigenvalue weighted by molar-refractivity contribution is 5.75. The van der Waals surface area contributed by atoms with Crippen molar-refractivity contribution < 1.29 is 4.79 Å². The zero-order valence-electron chi connectivity index (χ0n) is 8.54. The molecule has 14 heavy (non-hydrogen) atoms. The van der Waals surface area contributed by atoms with Crippen LogP contribution in [0.15, 0.2) is 0 Å². The van der Waals surface area contributed by atoms with Crippen LogP contribution in [0, 0.1) is 5.92 Å². The van der Waals surface area contributed by atoms with Crippen LogP contribution in [0.25, 0.3) is 0 Å². The Bertz CT molecular complexity index is 207. The number of nitrogens with one attached hydrogen (secondary N) is 1. The molecule has 1 saturated carbocycles. The predicted molar refractivity (Wildman–Crippen MR) is 54.9 cm³/mol. The summed E-state index contributed by atoms with van der Waals surface area (Å²) in [7, 11) is 0. The molecule has 0 aromatic carbocycles. The van der Waals surface area contributed by atoms with Crippen molar-refractivity contribution in [3.05, 3.63) is 0 Å². The van der Waals surface area contributed by atoms with Crippen LogP contribution in [0.2, 0.25) is 0 Å². The lowest BCUT2D eigenvalue weighted by Gasteiger charge is -2.39. The van der Waals surface area contributed by atoms with Crippen LogP contribution >= 0.6 is 0 Å². The molecule has 2 rings (SSSR count). The van der Waals surface area contributed by atoms with E-state index in [0.29, 0.717) is 18.5 Å². The Hall–Kier alpha value is -0.770. The average molecular weight is 197 g/mol. The summed E-state index contributed by atoms with van der Waals surface area (Å²) in [4.78, 5) is 13.5. The summed E-state index contributed by atoms with van der Waals surface area (Å²) in [6.07, 6.45) is 4.83. The molecule has 1 aliphatic heterocycles. The number of amides is 2. The van der Waals surface area contributed by atoms with E-state index in [-0.39, 0.29) is 6.03 Å². The predicted octanol–water partition coefficient (Wildman–Crippen LogP) is 0.529. The van der Waals surface area contributed by atoms with Crippen molar-refractivity contribution in [3.8, 4) is 0 Å². The summed E-state index contributed by atoms with van der Waals surface area (Å²) in [6, 6.07) is 0.543. The molecule has 0 unspecified atom stereocenters. The summed E-state index contributed by atoms with van der Waals surface area (Å²) in [5, 5.41) is 3.07. The molecule has 1 aliphatic carbocycles. The second-order valence-corrected chi connectivity index (χ2v) is 4.44. The summed E-state index contributed by atoms with van der Waals surface area (Å²) in [6.45, 7) is 2.39. The maximum atomic E-state index is 11.6. The van der Waals surface area contributed by atoms with Crippen molar-refractivity contribution in [1.29, 1.82) is 0 Å². The zero-order chi connectivity index (χ0) is 9.97. The molecule has 0 bridgehead atoms. The first-order valence-corrected chi connectivity index (χ1v) is 5.55. The number of hydrogen-bond donors (Lipinski definition) is 2. The third-order valence-corrected chi connectivity index (χ3v) is 3.26. The highest BCUT2D eigenvalue weighted by Gasteiger charge is 2.30. The van der Waals surface area contributed by atoms with E-state index in [1.165, 1.54) is 12.8 Å². The van der Waals surface area contributed by atoms with Crippen LogP contribution in [0.5, 0.6) is 0 Å². The van der Waals surface area contributed by atoms with Crippen molar-refractivity contribution in [2.24, 2.45) is 11.7 Å². The van der Waals surface area contributed by atoms with Crippen molar-refractivity contribution in [3.63, 3.8) is 0 Å². The number of urea groups is 1. The highest BCUT2D eigenvalue weighted by Crippen LogP contribution is 2.19. The van der Waals surface area contributed by atoms with Gasteiger partial charge in [-0.05, 0) is 19.4 Å². The lowest BCUT2D eigenvalue weighted by molar-refractivity contribution is 0.122. The number of hydrogen-bond acceptors (Lipinski definition) is 2. The van der Waals surface area contributed by atoms with Gasteiger partial charge in [-0.1, -0.05) is 12.8 Å². The van der Waals surface area contributed by atoms with Gasteiger partial charge in [0, 0.05) is 25.0 Å². The number of carbonyl (C=O) groups excluding carboxylic acids is 1. The number of rotatable bonds is 2. The van der Waals surface area contributed by atoms with E-state index in [0.717, 1.165) is 25.9 Å². The van der Waals surface area contributed by atoms with Crippen molar-refractivity contribution in [1.82, 2.24) is 10.2 Å². The van der Waals surface area contributed by atoms with Crippen LogP contribution in [0.4, 0.5) is 4.79 Å².